The maximum atomic E-state index is 12.5. The Balaban J connectivity index is 1.53. The minimum absolute atomic E-state index is 0.122. The van der Waals surface area contributed by atoms with Crippen LogP contribution >= 0.6 is 0 Å². The van der Waals surface area contributed by atoms with Gasteiger partial charge in [-0.2, -0.15) is 5.10 Å². The molecule has 1 saturated heterocycles. The molecule has 0 spiro atoms. The number of carbonyl (C=O) groups excluding carboxylic acids is 1. The largest absolute Gasteiger partial charge is 0.382 e. The van der Waals surface area contributed by atoms with Crippen molar-refractivity contribution in [2.75, 3.05) is 25.4 Å². The molecular weight excluding hydrogens is 320 g/mol. The van der Waals surface area contributed by atoms with E-state index in [0.717, 1.165) is 24.4 Å². The Labute approximate surface area is 147 Å². The molecule has 3 heterocycles. The van der Waals surface area contributed by atoms with Gasteiger partial charge < -0.3 is 15.4 Å². The molecule has 1 aliphatic rings. The van der Waals surface area contributed by atoms with E-state index in [1.54, 1.807) is 12.4 Å². The first-order valence-corrected chi connectivity index (χ1v) is 8.51. The third-order valence-electron chi connectivity index (χ3n) is 4.34. The highest BCUT2D eigenvalue weighted by molar-refractivity contribution is 5.76. The molecule has 1 aliphatic heterocycles. The third-order valence-corrected chi connectivity index (χ3v) is 4.34. The highest BCUT2D eigenvalue weighted by Crippen LogP contribution is 2.24. The molecule has 0 bridgehead atoms. The molecule has 2 N–H and O–H groups in total. The van der Waals surface area contributed by atoms with Gasteiger partial charge in [0, 0.05) is 37.6 Å². The molecule has 0 unspecified atom stereocenters. The smallest absolute Gasteiger partial charge is 0.222 e. The molecule has 1 atom stereocenters. The lowest BCUT2D eigenvalue weighted by Gasteiger charge is -2.33. The average Bonchev–Trinajstić information content (AvgIpc) is 2.93. The fourth-order valence-corrected chi connectivity index (χ4v) is 3.09. The monoisotopic (exact) mass is 344 g/mol. The van der Waals surface area contributed by atoms with Gasteiger partial charge in [-0.15, -0.1) is 0 Å². The van der Waals surface area contributed by atoms with Crippen LogP contribution in [0.3, 0.4) is 0 Å². The van der Waals surface area contributed by atoms with E-state index in [1.165, 1.54) is 0 Å². The number of anilines is 1. The van der Waals surface area contributed by atoms with Gasteiger partial charge in [-0.3, -0.25) is 14.5 Å². The Bertz CT molecular complexity index is 744. The fourth-order valence-electron chi connectivity index (χ4n) is 3.09. The van der Waals surface area contributed by atoms with Gasteiger partial charge in [-0.1, -0.05) is 0 Å². The van der Waals surface area contributed by atoms with Crippen LogP contribution in [-0.4, -0.2) is 50.3 Å². The number of rotatable bonds is 5. The highest BCUT2D eigenvalue weighted by atomic mass is 16.5. The molecule has 8 heteroatoms. The second kappa shape index (κ2) is 7.60. The van der Waals surface area contributed by atoms with E-state index in [1.807, 2.05) is 29.5 Å². The fraction of sp³-hybridized carbons (Fsp3) is 0.529. The minimum Gasteiger partial charge on any atom is -0.382 e. The topological polar surface area (TPSA) is 99.2 Å². The zero-order valence-corrected chi connectivity index (χ0v) is 14.7. The predicted octanol–water partition coefficient (Wildman–Crippen LogP) is 1.25. The van der Waals surface area contributed by atoms with Crippen molar-refractivity contribution in [3.8, 4) is 0 Å². The van der Waals surface area contributed by atoms with Gasteiger partial charge in [-0.05, 0) is 26.3 Å². The van der Waals surface area contributed by atoms with Gasteiger partial charge in [0.25, 0.3) is 0 Å². The van der Waals surface area contributed by atoms with Crippen LogP contribution in [0, 0.1) is 13.8 Å². The number of ether oxygens (including phenoxy) is 1. The van der Waals surface area contributed by atoms with Gasteiger partial charge in [-0.25, -0.2) is 4.98 Å². The van der Waals surface area contributed by atoms with Crippen LogP contribution in [0.5, 0.6) is 0 Å². The number of nitrogens with two attached hydrogens (primary N) is 1. The number of aryl methyl sites for hydroxylation is 3. The van der Waals surface area contributed by atoms with Crippen molar-refractivity contribution in [1.82, 2.24) is 24.6 Å². The summed E-state index contributed by atoms with van der Waals surface area (Å²) in [7, 11) is 0. The first-order valence-electron chi connectivity index (χ1n) is 8.51. The highest BCUT2D eigenvalue weighted by Gasteiger charge is 2.27. The predicted molar refractivity (Wildman–Crippen MR) is 92.7 cm³/mol. The summed E-state index contributed by atoms with van der Waals surface area (Å²) >= 11 is 0. The Kier molecular flexibility index (Phi) is 5.28. The average molecular weight is 344 g/mol. The van der Waals surface area contributed by atoms with E-state index in [0.29, 0.717) is 37.6 Å². The molecule has 0 radical (unpaired) electrons. The molecule has 0 aromatic carbocycles. The van der Waals surface area contributed by atoms with Crippen molar-refractivity contribution in [1.29, 1.82) is 0 Å². The molecule has 0 aliphatic carbocycles. The summed E-state index contributed by atoms with van der Waals surface area (Å²) in [5, 5.41) is 4.42. The van der Waals surface area contributed by atoms with Crippen molar-refractivity contribution in [3.05, 3.63) is 35.5 Å². The maximum absolute atomic E-state index is 12.5. The number of hydrogen-bond acceptors (Lipinski definition) is 6. The third kappa shape index (κ3) is 4.14. The summed E-state index contributed by atoms with van der Waals surface area (Å²) in [5.74, 6) is 0.476. The van der Waals surface area contributed by atoms with Gasteiger partial charge in [0.2, 0.25) is 5.91 Å². The van der Waals surface area contributed by atoms with Crippen molar-refractivity contribution in [3.63, 3.8) is 0 Å². The lowest BCUT2D eigenvalue weighted by Crippen LogP contribution is -2.42. The number of morpholine rings is 1. The van der Waals surface area contributed by atoms with Crippen LogP contribution in [0.2, 0.25) is 0 Å². The van der Waals surface area contributed by atoms with Crippen LogP contribution in [-0.2, 0) is 16.1 Å². The number of nitrogen functional groups attached to an aromatic ring is 1. The number of carbonyl (C=O) groups is 1. The van der Waals surface area contributed by atoms with Gasteiger partial charge >= 0.3 is 0 Å². The van der Waals surface area contributed by atoms with Crippen molar-refractivity contribution in [2.45, 2.75) is 39.3 Å². The summed E-state index contributed by atoms with van der Waals surface area (Å²) in [6.45, 7) is 6.28. The second-order valence-electron chi connectivity index (χ2n) is 6.28. The van der Waals surface area contributed by atoms with Gasteiger partial charge in [0.05, 0.1) is 18.8 Å². The molecule has 3 rings (SSSR count). The second-order valence-corrected chi connectivity index (χ2v) is 6.28. The van der Waals surface area contributed by atoms with Crippen LogP contribution in [0.1, 0.15) is 36.0 Å². The van der Waals surface area contributed by atoms with E-state index in [-0.39, 0.29) is 12.0 Å². The van der Waals surface area contributed by atoms with Crippen LogP contribution < -0.4 is 5.73 Å². The summed E-state index contributed by atoms with van der Waals surface area (Å²) in [4.78, 5) is 22.6. The Morgan fingerprint density at radius 1 is 1.36 bits per heavy atom. The quantitative estimate of drug-likeness (QED) is 0.876. The van der Waals surface area contributed by atoms with Gasteiger partial charge in [0.1, 0.15) is 17.6 Å². The van der Waals surface area contributed by atoms with E-state index in [4.69, 9.17) is 10.5 Å². The number of hydrogen-bond donors (Lipinski definition) is 1. The molecule has 1 fully saturated rings. The van der Waals surface area contributed by atoms with Gasteiger partial charge in [0.15, 0.2) is 0 Å². The van der Waals surface area contributed by atoms with Crippen LogP contribution in [0.4, 0.5) is 5.82 Å². The molecule has 2 aromatic heterocycles. The molecular formula is C17H24N6O2. The molecule has 134 valence electrons. The first-order chi connectivity index (χ1) is 12.0. The molecule has 1 amide bonds. The minimum atomic E-state index is -0.317. The molecule has 0 saturated carbocycles. The Morgan fingerprint density at radius 3 is 2.88 bits per heavy atom. The van der Waals surface area contributed by atoms with Crippen molar-refractivity contribution < 1.29 is 9.53 Å². The molecule has 25 heavy (non-hydrogen) atoms. The number of nitrogens with zero attached hydrogens (tertiary/aromatic N) is 5. The molecule has 8 nitrogen and oxygen atoms in total. The number of aromatic nitrogens is 4. The summed E-state index contributed by atoms with van der Waals surface area (Å²) in [6.07, 6.45) is 4.06. The zero-order chi connectivity index (χ0) is 17.8. The SMILES string of the molecule is Cc1cc(C)n(CCCC(=O)N2CCO[C@H](c3nccnc3N)C2)n1. The standard InChI is InChI=1S/C17H24N6O2/c1-12-10-13(2)23(21-12)7-3-4-15(24)22-8-9-25-14(11-22)16-17(18)20-6-5-19-16/h5-6,10,14H,3-4,7-9,11H2,1-2H3,(H2,18,20)/t14-/m0/s1. The first kappa shape index (κ1) is 17.3. The van der Waals surface area contributed by atoms with E-state index in [9.17, 15) is 4.79 Å². The lowest BCUT2D eigenvalue weighted by atomic mass is 10.1. The van der Waals surface area contributed by atoms with Crippen LogP contribution in [0.25, 0.3) is 0 Å². The van der Waals surface area contributed by atoms with Crippen molar-refractivity contribution >= 4 is 11.7 Å². The van der Waals surface area contributed by atoms with E-state index >= 15 is 0 Å². The lowest BCUT2D eigenvalue weighted by molar-refractivity contribution is -0.139. The summed E-state index contributed by atoms with van der Waals surface area (Å²) in [5.41, 5.74) is 8.59. The summed E-state index contributed by atoms with van der Waals surface area (Å²) < 4.78 is 7.68. The normalized spacial score (nSPS) is 17.7. The zero-order valence-electron chi connectivity index (χ0n) is 14.7. The summed E-state index contributed by atoms with van der Waals surface area (Å²) in [6, 6.07) is 2.04. The van der Waals surface area contributed by atoms with Crippen molar-refractivity contribution in [2.24, 2.45) is 0 Å². The van der Waals surface area contributed by atoms with E-state index in [2.05, 4.69) is 15.1 Å². The maximum Gasteiger partial charge on any atom is 0.222 e. The Morgan fingerprint density at radius 2 is 2.16 bits per heavy atom. The van der Waals surface area contributed by atoms with E-state index < -0.39 is 0 Å². The number of amides is 1. The molecule has 2 aromatic rings. The Hall–Kier alpha value is -2.48. The van der Waals surface area contributed by atoms with Crippen LogP contribution in [0.15, 0.2) is 18.5 Å².